The van der Waals surface area contributed by atoms with Crippen molar-refractivity contribution in [2.45, 2.75) is 58.2 Å². The summed E-state index contributed by atoms with van der Waals surface area (Å²) in [7, 11) is 1.85. The van der Waals surface area contributed by atoms with Crippen LogP contribution in [0.25, 0.3) is 0 Å². The number of halogens is 1. The molecule has 3 rings (SSSR count). The van der Waals surface area contributed by atoms with Crippen molar-refractivity contribution in [3.05, 3.63) is 52.0 Å². The molecule has 160 valence electrons. The minimum atomic E-state index is 0. The molecule has 0 aliphatic carbocycles. The number of nitrogens with one attached hydrogen (secondary N) is 2. The molecule has 1 aromatic heterocycles. The van der Waals surface area contributed by atoms with Crippen LogP contribution in [0.5, 0.6) is 0 Å². The van der Waals surface area contributed by atoms with E-state index in [1.807, 2.05) is 7.05 Å². The average molecular weight is 528 g/mol. The molecular weight excluding hydrogens is 493 g/mol. The zero-order chi connectivity index (χ0) is 19.8. The van der Waals surface area contributed by atoms with Gasteiger partial charge in [0, 0.05) is 50.6 Å². The number of thiazole rings is 1. The van der Waals surface area contributed by atoms with Crippen LogP contribution in [0.1, 0.15) is 43.0 Å². The minimum absolute atomic E-state index is 0. The molecule has 2 heterocycles. The van der Waals surface area contributed by atoms with Crippen LogP contribution in [0.15, 0.2) is 40.7 Å². The van der Waals surface area contributed by atoms with Crippen molar-refractivity contribution in [3.8, 4) is 0 Å². The molecule has 0 saturated carbocycles. The van der Waals surface area contributed by atoms with Crippen LogP contribution in [0.2, 0.25) is 0 Å². The first-order valence-corrected chi connectivity index (χ1v) is 11.2. The SMILES string of the molecule is CCc1nc(CCNC(=NC)NC2CCN(Cc3ccccc3)C(C)C2)cs1.I. The van der Waals surface area contributed by atoms with Gasteiger partial charge in [0.2, 0.25) is 0 Å². The molecule has 0 amide bonds. The second kappa shape index (κ2) is 12.5. The summed E-state index contributed by atoms with van der Waals surface area (Å²) in [6, 6.07) is 11.8. The lowest BCUT2D eigenvalue weighted by atomic mass is 9.97. The number of aliphatic imine (C=N–C) groups is 1. The number of likely N-dealkylation sites (tertiary alicyclic amines) is 1. The van der Waals surface area contributed by atoms with Crippen molar-refractivity contribution in [1.29, 1.82) is 0 Å². The van der Waals surface area contributed by atoms with Gasteiger partial charge in [0.25, 0.3) is 0 Å². The van der Waals surface area contributed by atoms with E-state index >= 15 is 0 Å². The Balaban J connectivity index is 0.00000300. The van der Waals surface area contributed by atoms with E-state index in [1.54, 1.807) is 11.3 Å². The molecule has 0 radical (unpaired) electrons. The summed E-state index contributed by atoms with van der Waals surface area (Å²) < 4.78 is 0. The molecule has 1 fully saturated rings. The zero-order valence-electron chi connectivity index (χ0n) is 17.7. The van der Waals surface area contributed by atoms with Gasteiger partial charge in [0.05, 0.1) is 10.7 Å². The van der Waals surface area contributed by atoms with Crippen LogP contribution < -0.4 is 10.6 Å². The molecule has 2 atom stereocenters. The lowest BCUT2D eigenvalue weighted by molar-refractivity contribution is 0.134. The molecule has 29 heavy (non-hydrogen) atoms. The Labute approximate surface area is 196 Å². The highest BCUT2D eigenvalue weighted by molar-refractivity contribution is 14.0. The van der Waals surface area contributed by atoms with Crippen LogP contribution in [-0.2, 0) is 19.4 Å². The molecule has 1 aliphatic rings. The van der Waals surface area contributed by atoms with Crippen LogP contribution in [-0.4, -0.2) is 48.1 Å². The van der Waals surface area contributed by atoms with E-state index < -0.39 is 0 Å². The summed E-state index contributed by atoms with van der Waals surface area (Å²) in [6.07, 6.45) is 4.23. The summed E-state index contributed by atoms with van der Waals surface area (Å²) in [6.45, 7) is 7.49. The third-order valence-electron chi connectivity index (χ3n) is 5.38. The predicted molar refractivity (Wildman–Crippen MR) is 134 cm³/mol. The van der Waals surface area contributed by atoms with E-state index in [4.69, 9.17) is 0 Å². The Hall–Kier alpha value is -1.19. The lowest BCUT2D eigenvalue weighted by Gasteiger charge is -2.38. The van der Waals surface area contributed by atoms with Gasteiger partial charge in [-0.3, -0.25) is 9.89 Å². The number of hydrogen-bond donors (Lipinski definition) is 2. The van der Waals surface area contributed by atoms with Crippen LogP contribution in [0.3, 0.4) is 0 Å². The van der Waals surface area contributed by atoms with Crippen molar-refractivity contribution < 1.29 is 0 Å². The highest BCUT2D eigenvalue weighted by Crippen LogP contribution is 2.20. The van der Waals surface area contributed by atoms with Crippen LogP contribution in [0.4, 0.5) is 0 Å². The normalized spacial score (nSPS) is 20.2. The second-order valence-corrected chi connectivity index (χ2v) is 8.45. The van der Waals surface area contributed by atoms with Gasteiger partial charge >= 0.3 is 0 Å². The van der Waals surface area contributed by atoms with Crippen molar-refractivity contribution in [1.82, 2.24) is 20.5 Å². The van der Waals surface area contributed by atoms with Gasteiger partial charge in [-0.2, -0.15) is 0 Å². The lowest BCUT2D eigenvalue weighted by Crippen LogP contribution is -2.51. The molecule has 5 nitrogen and oxygen atoms in total. The van der Waals surface area contributed by atoms with E-state index in [1.165, 1.54) is 16.3 Å². The topological polar surface area (TPSA) is 52.6 Å². The second-order valence-electron chi connectivity index (χ2n) is 7.51. The molecule has 2 unspecified atom stereocenters. The van der Waals surface area contributed by atoms with E-state index in [0.717, 1.165) is 51.3 Å². The Bertz CT molecular complexity index is 749. The Morgan fingerprint density at radius 1 is 1.31 bits per heavy atom. The number of aryl methyl sites for hydroxylation is 1. The van der Waals surface area contributed by atoms with Crippen LogP contribution >= 0.6 is 35.3 Å². The fourth-order valence-corrected chi connectivity index (χ4v) is 4.51. The van der Waals surface area contributed by atoms with Gasteiger partial charge in [-0.25, -0.2) is 4.98 Å². The van der Waals surface area contributed by atoms with Gasteiger partial charge in [0.15, 0.2) is 5.96 Å². The smallest absolute Gasteiger partial charge is 0.191 e. The first-order chi connectivity index (χ1) is 13.7. The number of aromatic nitrogens is 1. The predicted octanol–water partition coefficient (Wildman–Crippen LogP) is 4.08. The largest absolute Gasteiger partial charge is 0.356 e. The standard InChI is InChI=1S/C22H33N5S.HI/c1-4-21-25-20(16-28-21)10-12-24-22(23-3)26-19-11-13-27(17(2)14-19)15-18-8-6-5-7-9-18;/h5-9,16-17,19H,4,10-15H2,1-3H3,(H2,23,24,26);1H. The quantitative estimate of drug-likeness (QED) is 0.324. The zero-order valence-corrected chi connectivity index (χ0v) is 20.9. The summed E-state index contributed by atoms with van der Waals surface area (Å²) in [5.74, 6) is 0.902. The maximum absolute atomic E-state index is 4.63. The third-order valence-corrected chi connectivity index (χ3v) is 6.42. The first-order valence-electron chi connectivity index (χ1n) is 10.4. The molecular formula is C22H34IN5S. The summed E-state index contributed by atoms with van der Waals surface area (Å²) >= 11 is 1.75. The highest BCUT2D eigenvalue weighted by Gasteiger charge is 2.25. The van der Waals surface area contributed by atoms with E-state index in [9.17, 15) is 0 Å². The average Bonchev–Trinajstić information content (AvgIpc) is 3.18. The maximum atomic E-state index is 4.63. The monoisotopic (exact) mass is 527 g/mol. The molecule has 0 spiro atoms. The fourth-order valence-electron chi connectivity index (χ4n) is 3.73. The van der Waals surface area contributed by atoms with E-state index in [-0.39, 0.29) is 24.0 Å². The van der Waals surface area contributed by atoms with Gasteiger partial charge in [-0.05, 0) is 31.7 Å². The molecule has 1 saturated heterocycles. The van der Waals surface area contributed by atoms with Gasteiger partial charge < -0.3 is 10.6 Å². The number of nitrogens with zero attached hydrogens (tertiary/aromatic N) is 3. The first kappa shape index (κ1) is 24.1. The highest BCUT2D eigenvalue weighted by atomic mass is 127. The number of benzene rings is 1. The third kappa shape index (κ3) is 7.53. The fraction of sp³-hybridized carbons (Fsp3) is 0.545. The summed E-state index contributed by atoms with van der Waals surface area (Å²) in [5.41, 5.74) is 2.57. The Kier molecular flexibility index (Phi) is 10.4. The molecule has 7 heteroatoms. The summed E-state index contributed by atoms with van der Waals surface area (Å²) in [4.78, 5) is 11.6. The Morgan fingerprint density at radius 3 is 2.76 bits per heavy atom. The van der Waals surface area contributed by atoms with E-state index in [2.05, 4.69) is 75.1 Å². The van der Waals surface area contributed by atoms with Crippen molar-refractivity contribution in [2.75, 3.05) is 20.1 Å². The molecule has 0 bridgehead atoms. The maximum Gasteiger partial charge on any atom is 0.191 e. The van der Waals surface area contributed by atoms with Gasteiger partial charge in [-0.1, -0.05) is 37.3 Å². The molecule has 2 aromatic rings. The van der Waals surface area contributed by atoms with Crippen molar-refractivity contribution in [3.63, 3.8) is 0 Å². The van der Waals surface area contributed by atoms with Crippen LogP contribution in [0, 0.1) is 0 Å². The van der Waals surface area contributed by atoms with Gasteiger partial charge in [-0.15, -0.1) is 35.3 Å². The molecule has 2 N–H and O–H groups in total. The molecule has 1 aromatic carbocycles. The minimum Gasteiger partial charge on any atom is -0.356 e. The Morgan fingerprint density at radius 2 is 2.10 bits per heavy atom. The van der Waals surface area contributed by atoms with E-state index in [0.29, 0.717) is 12.1 Å². The van der Waals surface area contributed by atoms with Crippen molar-refractivity contribution in [2.24, 2.45) is 4.99 Å². The number of guanidine groups is 1. The number of hydrogen-bond acceptors (Lipinski definition) is 4. The van der Waals surface area contributed by atoms with Crippen molar-refractivity contribution >= 4 is 41.3 Å². The number of piperidine rings is 1. The van der Waals surface area contributed by atoms with Gasteiger partial charge in [0.1, 0.15) is 0 Å². The molecule has 1 aliphatic heterocycles. The number of rotatable bonds is 7. The summed E-state index contributed by atoms with van der Waals surface area (Å²) in [5, 5.41) is 10.4.